The van der Waals surface area contributed by atoms with Crippen molar-refractivity contribution in [2.24, 2.45) is 5.73 Å². The van der Waals surface area contributed by atoms with Crippen LogP contribution in [0, 0.1) is 0 Å². The molecule has 0 aliphatic carbocycles. The molecule has 1 aliphatic rings. The van der Waals surface area contributed by atoms with E-state index in [1.165, 1.54) is 0 Å². The molecule has 0 spiro atoms. The predicted octanol–water partition coefficient (Wildman–Crippen LogP) is 2.38. The zero-order chi connectivity index (χ0) is 11.0. The highest BCUT2D eigenvalue weighted by molar-refractivity contribution is 6.36. The van der Waals surface area contributed by atoms with Gasteiger partial charge in [-0.15, -0.1) is 0 Å². The molecule has 1 amide bonds. The van der Waals surface area contributed by atoms with Gasteiger partial charge in [0.25, 0.3) is 0 Å². The summed E-state index contributed by atoms with van der Waals surface area (Å²) < 4.78 is 0. The van der Waals surface area contributed by atoms with Crippen LogP contribution in [-0.2, 0) is 4.79 Å². The Morgan fingerprint density at radius 1 is 1.40 bits per heavy atom. The molecule has 0 bridgehead atoms. The van der Waals surface area contributed by atoms with Gasteiger partial charge < -0.3 is 11.1 Å². The summed E-state index contributed by atoms with van der Waals surface area (Å²) in [5, 5.41) is 3.82. The topological polar surface area (TPSA) is 55.1 Å². The van der Waals surface area contributed by atoms with E-state index in [1.54, 1.807) is 12.1 Å². The van der Waals surface area contributed by atoms with Gasteiger partial charge in [-0.05, 0) is 18.7 Å². The Hall–Kier alpha value is -0.770. The molecule has 0 radical (unpaired) electrons. The zero-order valence-electron chi connectivity index (χ0n) is 7.89. The molecule has 1 aromatic carbocycles. The normalized spacial score (nSPS) is 19.7. The fourth-order valence-corrected chi connectivity index (χ4v) is 2.33. The Labute approximate surface area is 97.5 Å². The highest BCUT2D eigenvalue weighted by atomic mass is 35.5. The minimum Gasteiger partial charge on any atom is -0.330 e. The van der Waals surface area contributed by atoms with E-state index in [2.05, 4.69) is 5.32 Å². The molecule has 0 fully saturated rings. The van der Waals surface area contributed by atoms with Crippen LogP contribution in [0.15, 0.2) is 12.1 Å². The van der Waals surface area contributed by atoms with E-state index in [9.17, 15) is 4.79 Å². The third-order valence-electron chi connectivity index (χ3n) is 2.53. The number of amides is 1. The Balaban J connectivity index is 2.59. The number of nitrogens with two attached hydrogens (primary N) is 1. The van der Waals surface area contributed by atoms with E-state index in [0.29, 0.717) is 28.7 Å². The fraction of sp³-hybridized carbons (Fsp3) is 0.300. The number of carbonyl (C=O) groups is 1. The maximum atomic E-state index is 11.4. The van der Waals surface area contributed by atoms with Gasteiger partial charge in [-0.2, -0.15) is 0 Å². The lowest BCUT2D eigenvalue weighted by Gasteiger charge is -2.26. The summed E-state index contributed by atoms with van der Waals surface area (Å²) in [6.07, 6.45) is 0.365. The lowest BCUT2D eigenvalue weighted by Crippen LogP contribution is -2.27. The zero-order valence-corrected chi connectivity index (χ0v) is 9.40. The molecule has 0 saturated carbocycles. The molecular formula is C10H10Cl2N2O. The molecule has 1 unspecified atom stereocenters. The van der Waals surface area contributed by atoms with Crippen molar-refractivity contribution in [3.63, 3.8) is 0 Å². The first-order valence-electron chi connectivity index (χ1n) is 4.61. The number of hydrogen-bond acceptors (Lipinski definition) is 2. The van der Waals surface area contributed by atoms with Gasteiger partial charge in [0.2, 0.25) is 5.91 Å². The Morgan fingerprint density at radius 2 is 2.07 bits per heavy atom. The van der Waals surface area contributed by atoms with Gasteiger partial charge in [0.15, 0.2) is 0 Å². The van der Waals surface area contributed by atoms with E-state index in [-0.39, 0.29) is 11.8 Å². The summed E-state index contributed by atoms with van der Waals surface area (Å²) in [6.45, 7) is 0.389. The van der Waals surface area contributed by atoms with Crippen molar-refractivity contribution in [3.8, 4) is 0 Å². The summed E-state index contributed by atoms with van der Waals surface area (Å²) >= 11 is 12.1. The summed E-state index contributed by atoms with van der Waals surface area (Å²) in [6, 6.07) is 3.39. The monoisotopic (exact) mass is 244 g/mol. The number of hydrogen-bond donors (Lipinski definition) is 2. The smallest absolute Gasteiger partial charge is 0.225 e. The highest BCUT2D eigenvalue weighted by Crippen LogP contribution is 2.40. The largest absolute Gasteiger partial charge is 0.330 e. The van der Waals surface area contributed by atoms with Gasteiger partial charge in [-0.1, -0.05) is 23.2 Å². The maximum Gasteiger partial charge on any atom is 0.225 e. The van der Waals surface area contributed by atoms with Gasteiger partial charge in [0, 0.05) is 22.9 Å². The second-order valence-corrected chi connectivity index (χ2v) is 4.32. The van der Waals surface area contributed by atoms with E-state index >= 15 is 0 Å². The quantitative estimate of drug-likeness (QED) is 0.798. The van der Waals surface area contributed by atoms with Crippen molar-refractivity contribution < 1.29 is 4.79 Å². The number of benzene rings is 1. The van der Waals surface area contributed by atoms with Crippen LogP contribution in [0.2, 0.25) is 10.0 Å². The van der Waals surface area contributed by atoms with Crippen molar-refractivity contribution in [3.05, 3.63) is 27.7 Å². The maximum absolute atomic E-state index is 11.4. The average molecular weight is 245 g/mol. The first kappa shape index (κ1) is 10.7. The van der Waals surface area contributed by atoms with E-state index < -0.39 is 0 Å². The van der Waals surface area contributed by atoms with Crippen molar-refractivity contribution in [2.75, 3.05) is 11.9 Å². The van der Waals surface area contributed by atoms with E-state index in [0.717, 1.165) is 5.56 Å². The number of nitrogens with one attached hydrogen (secondary N) is 1. The number of anilines is 1. The third-order valence-corrected chi connectivity index (χ3v) is 3.17. The average Bonchev–Trinajstić information content (AvgIpc) is 2.22. The second kappa shape index (κ2) is 4.00. The minimum atomic E-state index is -0.0675. The molecule has 3 nitrogen and oxygen atoms in total. The molecule has 0 aromatic heterocycles. The first-order valence-corrected chi connectivity index (χ1v) is 5.37. The van der Waals surface area contributed by atoms with Gasteiger partial charge in [-0.25, -0.2) is 0 Å². The van der Waals surface area contributed by atoms with Crippen LogP contribution in [0.3, 0.4) is 0 Å². The molecule has 0 saturated heterocycles. The molecule has 5 heteroatoms. The number of halogens is 2. The summed E-state index contributed by atoms with van der Waals surface area (Å²) in [7, 11) is 0. The van der Waals surface area contributed by atoms with Gasteiger partial charge in [0.1, 0.15) is 0 Å². The van der Waals surface area contributed by atoms with Crippen molar-refractivity contribution in [1.29, 1.82) is 0 Å². The summed E-state index contributed by atoms with van der Waals surface area (Å²) in [5.41, 5.74) is 7.08. The molecule has 1 aliphatic heterocycles. The van der Waals surface area contributed by atoms with Crippen LogP contribution in [0.1, 0.15) is 17.9 Å². The molecule has 3 N–H and O–H groups in total. The Morgan fingerprint density at radius 3 is 2.73 bits per heavy atom. The molecule has 1 atom stereocenters. The summed E-state index contributed by atoms with van der Waals surface area (Å²) in [5.74, 6) is -0.109. The number of rotatable bonds is 1. The van der Waals surface area contributed by atoms with Crippen LogP contribution >= 0.6 is 23.2 Å². The van der Waals surface area contributed by atoms with Gasteiger partial charge in [-0.3, -0.25) is 4.79 Å². The summed E-state index contributed by atoms with van der Waals surface area (Å²) in [4.78, 5) is 11.4. The molecule has 1 heterocycles. The van der Waals surface area contributed by atoms with Gasteiger partial charge in [0.05, 0.1) is 10.7 Å². The minimum absolute atomic E-state index is 0.0417. The third kappa shape index (κ3) is 1.83. The van der Waals surface area contributed by atoms with Crippen LogP contribution in [0.4, 0.5) is 5.69 Å². The van der Waals surface area contributed by atoms with Crippen LogP contribution in [-0.4, -0.2) is 12.5 Å². The van der Waals surface area contributed by atoms with Crippen LogP contribution in [0.25, 0.3) is 0 Å². The Kier molecular flexibility index (Phi) is 2.87. The first-order chi connectivity index (χ1) is 7.13. The van der Waals surface area contributed by atoms with Crippen LogP contribution in [0.5, 0.6) is 0 Å². The SMILES string of the molecule is NCC1CC(=O)Nc2c(Cl)ccc(Cl)c21. The molecule has 2 rings (SSSR count). The van der Waals surface area contributed by atoms with E-state index in [4.69, 9.17) is 28.9 Å². The standard InChI is InChI=1S/C10H10Cl2N2O/c11-6-1-2-7(12)10-9(6)5(4-13)3-8(15)14-10/h1-2,5H,3-4,13H2,(H,14,15). The van der Waals surface area contributed by atoms with Crippen molar-refractivity contribution in [2.45, 2.75) is 12.3 Å². The molecule has 1 aromatic rings. The number of carbonyl (C=O) groups excluding carboxylic acids is 1. The molecular weight excluding hydrogens is 235 g/mol. The lowest BCUT2D eigenvalue weighted by atomic mass is 9.90. The van der Waals surface area contributed by atoms with Gasteiger partial charge >= 0.3 is 0 Å². The Bertz CT molecular complexity index is 420. The fourth-order valence-electron chi connectivity index (χ4n) is 1.81. The highest BCUT2D eigenvalue weighted by Gasteiger charge is 2.27. The van der Waals surface area contributed by atoms with Crippen molar-refractivity contribution >= 4 is 34.8 Å². The van der Waals surface area contributed by atoms with Crippen molar-refractivity contribution in [1.82, 2.24) is 0 Å². The number of fused-ring (bicyclic) bond motifs is 1. The van der Waals surface area contributed by atoms with E-state index in [1.807, 2.05) is 0 Å². The lowest BCUT2D eigenvalue weighted by molar-refractivity contribution is -0.116. The second-order valence-electron chi connectivity index (χ2n) is 3.50. The predicted molar refractivity (Wildman–Crippen MR) is 61.5 cm³/mol. The molecule has 80 valence electrons. The molecule has 15 heavy (non-hydrogen) atoms. The van der Waals surface area contributed by atoms with Crippen LogP contribution < -0.4 is 11.1 Å².